The lowest BCUT2D eigenvalue weighted by Crippen LogP contribution is -2.49. The Labute approximate surface area is 108 Å². The summed E-state index contributed by atoms with van der Waals surface area (Å²) in [7, 11) is 0. The van der Waals surface area contributed by atoms with E-state index in [1.54, 1.807) is 11.3 Å². The molecule has 0 saturated carbocycles. The normalized spacial score (nSPS) is 26.3. The number of aromatic nitrogens is 1. The second-order valence-electron chi connectivity index (χ2n) is 4.94. The van der Waals surface area contributed by atoms with Gasteiger partial charge in [0, 0.05) is 24.4 Å². The molecule has 1 N–H and O–H groups in total. The van der Waals surface area contributed by atoms with Gasteiger partial charge in [0.2, 0.25) is 0 Å². The van der Waals surface area contributed by atoms with E-state index in [4.69, 9.17) is 4.74 Å². The fourth-order valence-electron chi connectivity index (χ4n) is 2.54. The Morgan fingerprint density at radius 1 is 1.65 bits per heavy atom. The van der Waals surface area contributed by atoms with Crippen molar-refractivity contribution in [2.75, 3.05) is 13.2 Å². The van der Waals surface area contributed by atoms with Gasteiger partial charge in [-0.25, -0.2) is 4.98 Å². The van der Waals surface area contributed by atoms with Crippen LogP contribution in [0, 0.1) is 6.92 Å². The van der Waals surface area contributed by atoms with Crippen LogP contribution in [0.4, 0.5) is 0 Å². The molecule has 96 valence electrons. The maximum Gasteiger partial charge on any atom is 0.0897 e. The molecule has 1 aliphatic heterocycles. The van der Waals surface area contributed by atoms with Gasteiger partial charge in [-0.05, 0) is 33.2 Å². The van der Waals surface area contributed by atoms with Gasteiger partial charge in [-0.2, -0.15) is 0 Å². The van der Waals surface area contributed by atoms with Gasteiger partial charge in [0.1, 0.15) is 0 Å². The van der Waals surface area contributed by atoms with E-state index in [1.807, 2.05) is 0 Å². The fourth-order valence-corrected chi connectivity index (χ4v) is 3.16. The van der Waals surface area contributed by atoms with Crippen molar-refractivity contribution in [3.05, 3.63) is 16.1 Å². The lowest BCUT2D eigenvalue weighted by molar-refractivity contribution is -0.0112. The highest BCUT2D eigenvalue weighted by molar-refractivity contribution is 7.09. The number of hydrogen-bond donors (Lipinski definition) is 1. The van der Waals surface area contributed by atoms with E-state index in [1.165, 1.54) is 12.1 Å². The van der Waals surface area contributed by atoms with Crippen molar-refractivity contribution in [2.45, 2.75) is 51.7 Å². The van der Waals surface area contributed by atoms with Gasteiger partial charge in [-0.15, -0.1) is 11.3 Å². The summed E-state index contributed by atoms with van der Waals surface area (Å²) in [5.41, 5.74) is 1.17. The van der Waals surface area contributed by atoms with E-state index >= 15 is 0 Å². The highest BCUT2D eigenvalue weighted by Gasteiger charge is 2.38. The average molecular weight is 254 g/mol. The Balaban J connectivity index is 2.06. The number of aryl methyl sites for hydroxylation is 1. The van der Waals surface area contributed by atoms with Crippen LogP contribution in [0.3, 0.4) is 0 Å². The summed E-state index contributed by atoms with van der Waals surface area (Å²) in [5, 5.41) is 6.87. The minimum Gasteiger partial charge on any atom is -0.374 e. The average Bonchev–Trinajstić information content (AvgIpc) is 2.88. The van der Waals surface area contributed by atoms with Crippen molar-refractivity contribution in [1.82, 2.24) is 10.3 Å². The van der Waals surface area contributed by atoms with E-state index in [9.17, 15) is 0 Å². The molecule has 3 nitrogen and oxygen atoms in total. The third-order valence-electron chi connectivity index (χ3n) is 3.52. The number of ether oxygens (including phenoxy) is 1. The molecule has 0 radical (unpaired) electrons. The van der Waals surface area contributed by atoms with E-state index in [0.29, 0.717) is 6.04 Å². The van der Waals surface area contributed by atoms with E-state index in [-0.39, 0.29) is 5.60 Å². The number of nitrogens with zero attached hydrogens (tertiary/aromatic N) is 1. The number of rotatable bonds is 5. The van der Waals surface area contributed by atoms with Crippen molar-refractivity contribution in [3.63, 3.8) is 0 Å². The van der Waals surface area contributed by atoms with Crippen molar-refractivity contribution in [3.8, 4) is 0 Å². The molecule has 1 fully saturated rings. The zero-order valence-corrected chi connectivity index (χ0v) is 11.8. The van der Waals surface area contributed by atoms with Crippen LogP contribution >= 0.6 is 11.3 Å². The summed E-state index contributed by atoms with van der Waals surface area (Å²) < 4.78 is 5.95. The second-order valence-corrected chi connectivity index (χ2v) is 6.00. The van der Waals surface area contributed by atoms with Crippen molar-refractivity contribution in [2.24, 2.45) is 0 Å². The highest BCUT2D eigenvalue weighted by atomic mass is 32.1. The molecule has 0 amide bonds. The maximum absolute atomic E-state index is 5.95. The molecule has 1 aliphatic rings. The molecular formula is C13H22N2OS. The van der Waals surface area contributed by atoms with Crippen LogP contribution in [-0.2, 0) is 11.2 Å². The van der Waals surface area contributed by atoms with Crippen molar-refractivity contribution in [1.29, 1.82) is 0 Å². The van der Waals surface area contributed by atoms with E-state index in [2.05, 4.69) is 36.5 Å². The molecule has 0 bridgehead atoms. The summed E-state index contributed by atoms with van der Waals surface area (Å²) >= 11 is 1.73. The molecule has 2 unspecified atom stereocenters. The van der Waals surface area contributed by atoms with Gasteiger partial charge in [-0.1, -0.05) is 6.92 Å². The molecule has 2 atom stereocenters. The van der Waals surface area contributed by atoms with Gasteiger partial charge < -0.3 is 10.1 Å². The molecular weight excluding hydrogens is 232 g/mol. The van der Waals surface area contributed by atoms with Crippen LogP contribution in [0.2, 0.25) is 0 Å². The highest BCUT2D eigenvalue weighted by Crippen LogP contribution is 2.30. The summed E-state index contributed by atoms with van der Waals surface area (Å²) in [6, 6.07) is 0.372. The monoisotopic (exact) mass is 254 g/mol. The predicted octanol–water partition coefficient (Wildman–Crippen LogP) is 2.54. The molecule has 1 aromatic heterocycles. The quantitative estimate of drug-likeness (QED) is 0.877. The van der Waals surface area contributed by atoms with E-state index < -0.39 is 0 Å². The minimum atomic E-state index is -0.0203. The topological polar surface area (TPSA) is 34.2 Å². The van der Waals surface area contributed by atoms with E-state index in [0.717, 1.165) is 31.0 Å². The first kappa shape index (κ1) is 13.0. The van der Waals surface area contributed by atoms with Crippen molar-refractivity contribution >= 4 is 11.3 Å². The first-order chi connectivity index (χ1) is 8.14. The van der Waals surface area contributed by atoms with Crippen LogP contribution in [0.25, 0.3) is 0 Å². The molecule has 2 rings (SSSR count). The molecule has 2 heterocycles. The summed E-state index contributed by atoms with van der Waals surface area (Å²) in [6.45, 7) is 8.32. The Kier molecular flexibility index (Phi) is 4.17. The van der Waals surface area contributed by atoms with Crippen LogP contribution in [0.15, 0.2) is 5.38 Å². The number of likely N-dealkylation sites (N-methyl/N-ethyl adjacent to an activating group) is 1. The largest absolute Gasteiger partial charge is 0.374 e. The number of hydrogen-bond acceptors (Lipinski definition) is 4. The molecule has 0 aliphatic carbocycles. The summed E-state index contributed by atoms with van der Waals surface area (Å²) in [4.78, 5) is 4.56. The smallest absolute Gasteiger partial charge is 0.0897 e. The zero-order valence-electron chi connectivity index (χ0n) is 11.0. The number of nitrogens with one attached hydrogen (secondary N) is 1. The Hall–Kier alpha value is -0.450. The molecule has 1 aromatic rings. The first-order valence-electron chi connectivity index (χ1n) is 6.42. The standard InChI is InChI=1S/C13H22N2OS/c1-4-14-12(13(3)6-5-7-16-13)8-11-9-17-10(2)15-11/h9,12,14H,4-8H2,1-3H3. The third kappa shape index (κ3) is 3.06. The van der Waals surface area contributed by atoms with Crippen LogP contribution < -0.4 is 5.32 Å². The Morgan fingerprint density at radius 2 is 2.47 bits per heavy atom. The Bertz CT molecular complexity index is 358. The van der Waals surface area contributed by atoms with Gasteiger partial charge >= 0.3 is 0 Å². The lowest BCUT2D eigenvalue weighted by Gasteiger charge is -2.33. The van der Waals surface area contributed by atoms with Gasteiger partial charge in [0.25, 0.3) is 0 Å². The first-order valence-corrected chi connectivity index (χ1v) is 7.30. The fraction of sp³-hybridized carbons (Fsp3) is 0.769. The molecule has 4 heteroatoms. The number of thiazole rings is 1. The minimum absolute atomic E-state index is 0.0203. The van der Waals surface area contributed by atoms with Gasteiger partial charge in [0.05, 0.1) is 16.3 Å². The third-order valence-corrected chi connectivity index (χ3v) is 4.34. The molecule has 1 saturated heterocycles. The van der Waals surface area contributed by atoms with Gasteiger partial charge in [-0.3, -0.25) is 0 Å². The lowest BCUT2D eigenvalue weighted by atomic mass is 9.90. The summed E-state index contributed by atoms with van der Waals surface area (Å²) in [6.07, 6.45) is 3.29. The zero-order chi connectivity index (χ0) is 12.3. The molecule has 17 heavy (non-hydrogen) atoms. The Morgan fingerprint density at radius 3 is 3.00 bits per heavy atom. The SMILES string of the molecule is CCNC(Cc1csc(C)n1)C1(C)CCCO1. The van der Waals surface area contributed by atoms with Crippen molar-refractivity contribution < 1.29 is 4.74 Å². The molecule has 0 aromatic carbocycles. The van der Waals surface area contributed by atoms with Gasteiger partial charge in [0.15, 0.2) is 0 Å². The molecule has 0 spiro atoms. The van der Waals surface area contributed by atoms with Crippen LogP contribution in [-0.4, -0.2) is 29.8 Å². The predicted molar refractivity (Wildman–Crippen MR) is 71.6 cm³/mol. The summed E-state index contributed by atoms with van der Waals surface area (Å²) in [5.74, 6) is 0. The maximum atomic E-state index is 5.95. The second kappa shape index (κ2) is 5.46. The van der Waals surface area contributed by atoms with Crippen LogP contribution in [0.5, 0.6) is 0 Å². The van der Waals surface area contributed by atoms with Crippen LogP contribution in [0.1, 0.15) is 37.4 Å².